The molecule has 110 valence electrons. The number of aromatic nitrogens is 2. The fourth-order valence-electron chi connectivity index (χ4n) is 3.38. The van der Waals surface area contributed by atoms with Gasteiger partial charge in [-0.1, -0.05) is 49.9 Å². The zero-order valence-corrected chi connectivity index (χ0v) is 12.5. The first-order valence-corrected chi connectivity index (χ1v) is 7.24. The molecular weight excluding hydrogens is 268 g/mol. The van der Waals surface area contributed by atoms with Crippen LogP contribution in [-0.2, 0) is 7.05 Å². The van der Waals surface area contributed by atoms with E-state index in [-0.39, 0.29) is 7.43 Å². The Morgan fingerprint density at radius 3 is 2.32 bits per heavy atom. The van der Waals surface area contributed by atoms with Crippen LogP contribution in [0.1, 0.15) is 18.7 Å². The van der Waals surface area contributed by atoms with Gasteiger partial charge in [0.15, 0.2) is 6.20 Å². The van der Waals surface area contributed by atoms with Crippen molar-refractivity contribution in [2.75, 3.05) is 0 Å². The normalized spacial score (nSPS) is 11.0. The van der Waals surface area contributed by atoms with Crippen LogP contribution in [0.3, 0.4) is 0 Å². The van der Waals surface area contributed by atoms with Gasteiger partial charge in [-0.3, -0.25) is 0 Å². The van der Waals surface area contributed by atoms with Crippen LogP contribution in [-0.4, -0.2) is 4.98 Å². The maximum atomic E-state index is 4.84. The van der Waals surface area contributed by atoms with E-state index in [2.05, 4.69) is 74.1 Å². The van der Waals surface area contributed by atoms with Crippen molar-refractivity contribution in [3.8, 4) is 0 Å². The van der Waals surface area contributed by atoms with E-state index in [0.717, 1.165) is 11.2 Å². The Morgan fingerprint density at radius 1 is 0.864 bits per heavy atom. The largest absolute Gasteiger partial charge is 0.240 e. The second-order valence-electron chi connectivity index (χ2n) is 5.73. The van der Waals surface area contributed by atoms with Crippen LogP contribution in [0.5, 0.6) is 0 Å². The monoisotopic (exact) mass is 289 g/mol. The number of aryl methyl sites for hydroxylation is 3. The van der Waals surface area contributed by atoms with E-state index < -0.39 is 0 Å². The van der Waals surface area contributed by atoms with Crippen LogP contribution in [0.25, 0.3) is 32.6 Å². The van der Waals surface area contributed by atoms with Crippen molar-refractivity contribution in [2.45, 2.75) is 21.3 Å². The smallest absolute Gasteiger partial charge is 0.239 e. The van der Waals surface area contributed by atoms with E-state index in [9.17, 15) is 0 Å². The third kappa shape index (κ3) is 1.87. The molecule has 2 heteroatoms. The van der Waals surface area contributed by atoms with Gasteiger partial charge in [0.1, 0.15) is 18.3 Å². The molecule has 0 atom stereocenters. The van der Waals surface area contributed by atoms with Gasteiger partial charge in [0.25, 0.3) is 0 Å². The van der Waals surface area contributed by atoms with E-state index in [1.54, 1.807) is 0 Å². The van der Waals surface area contributed by atoms with E-state index >= 15 is 0 Å². The zero-order valence-electron chi connectivity index (χ0n) is 12.5. The summed E-state index contributed by atoms with van der Waals surface area (Å²) in [6.45, 7) is 4.23. The van der Waals surface area contributed by atoms with Gasteiger partial charge in [0.2, 0.25) is 5.52 Å². The number of fused-ring (bicyclic) bond motifs is 6. The van der Waals surface area contributed by atoms with Crippen molar-refractivity contribution in [1.82, 2.24) is 4.98 Å². The van der Waals surface area contributed by atoms with Gasteiger partial charge in [0, 0.05) is 5.39 Å². The third-order valence-electron chi connectivity index (χ3n) is 4.23. The first-order valence-electron chi connectivity index (χ1n) is 7.24. The summed E-state index contributed by atoms with van der Waals surface area (Å²) in [6.07, 6.45) is 2.10. The summed E-state index contributed by atoms with van der Waals surface area (Å²) in [5.41, 5.74) is 4.65. The molecule has 0 saturated heterocycles. The van der Waals surface area contributed by atoms with Gasteiger partial charge in [0.05, 0.1) is 5.39 Å². The van der Waals surface area contributed by atoms with Crippen molar-refractivity contribution in [3.63, 3.8) is 0 Å². The number of rotatable bonds is 0. The topological polar surface area (TPSA) is 16.8 Å². The number of nitrogens with zero attached hydrogens (tertiary/aromatic N) is 2. The van der Waals surface area contributed by atoms with E-state index in [4.69, 9.17) is 4.98 Å². The maximum Gasteiger partial charge on any atom is 0.239 e. The average Bonchev–Trinajstić information content (AvgIpc) is 2.47. The second-order valence-corrected chi connectivity index (χ2v) is 5.73. The molecule has 4 aromatic rings. The molecule has 0 aliphatic carbocycles. The molecule has 0 N–H and O–H groups in total. The standard InChI is InChI=1S/C19H17N2.CH4/c1-12-7-6-10-15-14-8-4-5-9-16(14)18-19(17(12)15)21(3)11-13(2)20-18;/h4-11H,1-3H3;1H4/q+1;. The predicted molar refractivity (Wildman–Crippen MR) is 94.1 cm³/mol. The molecule has 1 aromatic heterocycles. The Hall–Kier alpha value is -2.48. The molecule has 1 heterocycles. The lowest BCUT2D eigenvalue weighted by molar-refractivity contribution is -0.644. The Balaban J connectivity index is 0.00000144. The summed E-state index contributed by atoms with van der Waals surface area (Å²) < 4.78 is 2.21. The van der Waals surface area contributed by atoms with Gasteiger partial charge in [-0.2, -0.15) is 4.57 Å². The van der Waals surface area contributed by atoms with Crippen LogP contribution >= 0.6 is 0 Å². The highest BCUT2D eigenvalue weighted by Crippen LogP contribution is 2.33. The predicted octanol–water partition coefficient (Wildman–Crippen LogP) is 4.62. The molecular formula is C20H21N2+. The van der Waals surface area contributed by atoms with Crippen molar-refractivity contribution in [1.29, 1.82) is 0 Å². The number of hydrogen-bond acceptors (Lipinski definition) is 1. The molecule has 0 saturated carbocycles. The Bertz CT molecular complexity index is 1020. The molecule has 0 bridgehead atoms. The number of hydrogen-bond donors (Lipinski definition) is 0. The van der Waals surface area contributed by atoms with Crippen molar-refractivity contribution >= 4 is 32.6 Å². The molecule has 4 rings (SSSR count). The van der Waals surface area contributed by atoms with Crippen LogP contribution in [0.2, 0.25) is 0 Å². The van der Waals surface area contributed by atoms with Crippen molar-refractivity contribution in [2.24, 2.45) is 7.05 Å². The van der Waals surface area contributed by atoms with Crippen molar-refractivity contribution in [3.05, 3.63) is 59.9 Å². The minimum absolute atomic E-state index is 0. The SMILES string of the molecule is C.Cc1c[n+](C)c2c(n1)c1ccccc1c1cccc(C)c12. The quantitative estimate of drug-likeness (QED) is 0.341. The molecule has 0 spiro atoms. The summed E-state index contributed by atoms with van der Waals surface area (Å²) in [5.74, 6) is 0. The van der Waals surface area contributed by atoms with Gasteiger partial charge in [-0.25, -0.2) is 4.98 Å². The summed E-state index contributed by atoms with van der Waals surface area (Å²) in [7, 11) is 2.11. The van der Waals surface area contributed by atoms with Crippen LogP contribution in [0.4, 0.5) is 0 Å². The molecule has 0 aliphatic heterocycles. The summed E-state index contributed by atoms with van der Waals surface area (Å²) >= 11 is 0. The summed E-state index contributed by atoms with van der Waals surface area (Å²) in [6, 6.07) is 15.1. The van der Waals surface area contributed by atoms with E-state index in [0.29, 0.717) is 0 Å². The molecule has 3 aromatic carbocycles. The third-order valence-corrected chi connectivity index (χ3v) is 4.23. The molecule has 22 heavy (non-hydrogen) atoms. The molecule has 0 radical (unpaired) electrons. The van der Waals surface area contributed by atoms with Crippen LogP contribution in [0.15, 0.2) is 48.7 Å². The Kier molecular flexibility index (Phi) is 3.32. The Labute approximate surface area is 131 Å². The highest BCUT2D eigenvalue weighted by Gasteiger charge is 2.18. The molecule has 0 amide bonds. The lowest BCUT2D eigenvalue weighted by Gasteiger charge is -2.10. The van der Waals surface area contributed by atoms with E-state index in [1.165, 1.54) is 32.6 Å². The van der Waals surface area contributed by atoms with Gasteiger partial charge in [-0.15, -0.1) is 0 Å². The van der Waals surface area contributed by atoms with Gasteiger partial charge < -0.3 is 0 Å². The molecule has 0 aliphatic rings. The lowest BCUT2D eigenvalue weighted by atomic mass is 9.96. The first-order chi connectivity index (χ1) is 10.2. The number of benzene rings is 3. The van der Waals surface area contributed by atoms with Crippen LogP contribution < -0.4 is 4.57 Å². The average molecular weight is 289 g/mol. The summed E-state index contributed by atoms with van der Waals surface area (Å²) in [4.78, 5) is 4.84. The zero-order chi connectivity index (χ0) is 14.6. The molecule has 2 nitrogen and oxygen atoms in total. The highest BCUT2D eigenvalue weighted by atomic mass is 15.0. The van der Waals surface area contributed by atoms with Gasteiger partial charge in [-0.05, 0) is 30.2 Å². The molecule has 0 unspecified atom stereocenters. The van der Waals surface area contributed by atoms with Crippen molar-refractivity contribution < 1.29 is 4.57 Å². The first kappa shape index (κ1) is 14.5. The fourth-order valence-corrected chi connectivity index (χ4v) is 3.38. The molecule has 0 fully saturated rings. The maximum absolute atomic E-state index is 4.84. The Morgan fingerprint density at radius 2 is 1.55 bits per heavy atom. The fraction of sp³-hybridized carbons (Fsp3) is 0.200. The minimum atomic E-state index is 0. The van der Waals surface area contributed by atoms with Gasteiger partial charge >= 0.3 is 0 Å². The highest BCUT2D eigenvalue weighted by molar-refractivity contribution is 6.22. The van der Waals surface area contributed by atoms with Crippen LogP contribution in [0, 0.1) is 13.8 Å². The minimum Gasteiger partial charge on any atom is -0.240 e. The summed E-state index contributed by atoms with van der Waals surface area (Å²) in [5, 5.41) is 5.12. The lowest BCUT2D eigenvalue weighted by Crippen LogP contribution is -2.30. The second kappa shape index (κ2) is 5.06. The van der Waals surface area contributed by atoms with E-state index in [1.807, 2.05) is 0 Å².